The molecular formula is C16H15NO4. The molecule has 2 N–H and O–H groups in total. The number of hydrogen-bond donors (Lipinski definition) is 2. The minimum atomic E-state index is -0.301. The SMILES string of the molecule is COc1ccc(C(=O)c2ccc(NC(C)=O)cc2O)cc1. The highest BCUT2D eigenvalue weighted by atomic mass is 16.5. The molecule has 0 spiro atoms. The van der Waals surface area contributed by atoms with Crippen molar-refractivity contribution in [2.75, 3.05) is 12.4 Å². The highest BCUT2D eigenvalue weighted by Crippen LogP contribution is 2.25. The number of anilines is 1. The van der Waals surface area contributed by atoms with E-state index in [-0.39, 0.29) is 23.0 Å². The minimum Gasteiger partial charge on any atom is -0.507 e. The third-order valence-electron chi connectivity index (χ3n) is 2.91. The van der Waals surface area contributed by atoms with Gasteiger partial charge in [0.15, 0.2) is 5.78 Å². The van der Waals surface area contributed by atoms with Crippen molar-refractivity contribution in [2.45, 2.75) is 6.92 Å². The molecule has 0 heterocycles. The monoisotopic (exact) mass is 285 g/mol. The summed E-state index contributed by atoms with van der Waals surface area (Å²) >= 11 is 0. The molecule has 108 valence electrons. The summed E-state index contributed by atoms with van der Waals surface area (Å²) in [6.07, 6.45) is 0. The zero-order valence-corrected chi connectivity index (χ0v) is 11.7. The molecule has 0 saturated carbocycles. The van der Waals surface area contributed by atoms with E-state index in [1.807, 2.05) is 0 Å². The number of nitrogens with one attached hydrogen (secondary N) is 1. The van der Waals surface area contributed by atoms with E-state index in [0.29, 0.717) is 17.0 Å². The van der Waals surface area contributed by atoms with Crippen LogP contribution in [0.5, 0.6) is 11.5 Å². The molecule has 0 fully saturated rings. The quantitative estimate of drug-likeness (QED) is 0.847. The van der Waals surface area contributed by atoms with E-state index >= 15 is 0 Å². The van der Waals surface area contributed by atoms with E-state index in [1.165, 1.54) is 19.1 Å². The van der Waals surface area contributed by atoms with Crippen LogP contribution in [0.4, 0.5) is 5.69 Å². The predicted molar refractivity (Wildman–Crippen MR) is 78.8 cm³/mol. The predicted octanol–water partition coefficient (Wildman–Crippen LogP) is 2.59. The van der Waals surface area contributed by atoms with Gasteiger partial charge in [0.1, 0.15) is 11.5 Å². The van der Waals surface area contributed by atoms with Gasteiger partial charge in [0.05, 0.1) is 12.7 Å². The average molecular weight is 285 g/mol. The summed E-state index contributed by atoms with van der Waals surface area (Å²) in [6, 6.07) is 11.0. The molecule has 2 aromatic rings. The first-order chi connectivity index (χ1) is 10.0. The number of aromatic hydroxyl groups is 1. The first-order valence-electron chi connectivity index (χ1n) is 6.30. The topological polar surface area (TPSA) is 75.6 Å². The zero-order chi connectivity index (χ0) is 15.4. The lowest BCUT2D eigenvalue weighted by molar-refractivity contribution is -0.114. The van der Waals surface area contributed by atoms with E-state index in [4.69, 9.17) is 4.74 Å². The van der Waals surface area contributed by atoms with E-state index in [9.17, 15) is 14.7 Å². The second kappa shape index (κ2) is 6.09. The Morgan fingerprint density at radius 3 is 2.29 bits per heavy atom. The van der Waals surface area contributed by atoms with Crippen LogP contribution in [-0.4, -0.2) is 23.9 Å². The molecule has 1 amide bonds. The Labute approximate surface area is 122 Å². The van der Waals surface area contributed by atoms with Crippen LogP contribution in [0.3, 0.4) is 0 Å². The van der Waals surface area contributed by atoms with Gasteiger partial charge in [-0.2, -0.15) is 0 Å². The Morgan fingerprint density at radius 1 is 1.10 bits per heavy atom. The lowest BCUT2D eigenvalue weighted by atomic mass is 10.0. The van der Waals surface area contributed by atoms with Gasteiger partial charge in [0, 0.05) is 24.2 Å². The summed E-state index contributed by atoms with van der Waals surface area (Å²) in [5.41, 5.74) is 1.05. The zero-order valence-electron chi connectivity index (χ0n) is 11.7. The van der Waals surface area contributed by atoms with E-state index in [1.54, 1.807) is 37.4 Å². The molecule has 5 heteroatoms. The molecule has 0 radical (unpaired) electrons. The highest BCUT2D eigenvalue weighted by Gasteiger charge is 2.14. The van der Waals surface area contributed by atoms with Crippen molar-refractivity contribution < 1.29 is 19.4 Å². The number of hydrogen-bond acceptors (Lipinski definition) is 4. The van der Waals surface area contributed by atoms with Gasteiger partial charge in [-0.15, -0.1) is 0 Å². The largest absolute Gasteiger partial charge is 0.507 e. The Bertz CT molecular complexity index is 677. The number of rotatable bonds is 4. The van der Waals surface area contributed by atoms with E-state index in [0.717, 1.165) is 0 Å². The van der Waals surface area contributed by atoms with E-state index < -0.39 is 0 Å². The van der Waals surface area contributed by atoms with Gasteiger partial charge < -0.3 is 15.2 Å². The Morgan fingerprint density at radius 2 is 1.76 bits per heavy atom. The number of carbonyl (C=O) groups excluding carboxylic acids is 2. The van der Waals surface area contributed by atoms with Crippen LogP contribution in [0.1, 0.15) is 22.8 Å². The van der Waals surface area contributed by atoms with Crippen LogP contribution in [0.25, 0.3) is 0 Å². The molecule has 0 aliphatic heterocycles. The van der Waals surface area contributed by atoms with Crippen LogP contribution < -0.4 is 10.1 Å². The minimum absolute atomic E-state index is 0.175. The summed E-state index contributed by atoms with van der Waals surface area (Å²) in [7, 11) is 1.55. The fraction of sp³-hybridized carbons (Fsp3) is 0.125. The molecular weight excluding hydrogens is 270 g/mol. The summed E-state index contributed by atoms with van der Waals surface area (Å²) in [5, 5.41) is 12.5. The smallest absolute Gasteiger partial charge is 0.221 e. The number of carbonyl (C=O) groups is 2. The summed E-state index contributed by atoms with van der Waals surface area (Å²) in [5.74, 6) is -0.0768. The standard InChI is InChI=1S/C16H15NO4/c1-10(18)17-12-5-8-14(15(19)9-12)16(20)11-3-6-13(21-2)7-4-11/h3-9,19H,1-2H3,(H,17,18). The van der Waals surface area contributed by atoms with Gasteiger partial charge in [0.25, 0.3) is 0 Å². The molecule has 0 bridgehead atoms. The molecule has 0 aromatic heterocycles. The second-order valence-corrected chi connectivity index (χ2v) is 4.47. The van der Waals surface area contributed by atoms with Crippen LogP contribution in [-0.2, 0) is 4.79 Å². The maximum atomic E-state index is 12.3. The first kappa shape index (κ1) is 14.6. The normalized spacial score (nSPS) is 10.0. The van der Waals surface area contributed by atoms with Gasteiger partial charge in [-0.25, -0.2) is 0 Å². The van der Waals surface area contributed by atoms with Gasteiger partial charge in [0.2, 0.25) is 5.91 Å². The van der Waals surface area contributed by atoms with Gasteiger partial charge in [-0.05, 0) is 36.4 Å². The van der Waals surface area contributed by atoms with Crippen molar-refractivity contribution in [2.24, 2.45) is 0 Å². The third kappa shape index (κ3) is 3.39. The number of phenols is 1. The molecule has 2 aromatic carbocycles. The molecule has 5 nitrogen and oxygen atoms in total. The molecule has 0 unspecified atom stereocenters. The fourth-order valence-electron chi connectivity index (χ4n) is 1.90. The molecule has 0 saturated heterocycles. The van der Waals surface area contributed by atoms with Crippen molar-refractivity contribution in [3.8, 4) is 11.5 Å². The van der Waals surface area contributed by atoms with Crippen molar-refractivity contribution >= 4 is 17.4 Å². The van der Waals surface area contributed by atoms with Crippen molar-refractivity contribution in [1.29, 1.82) is 0 Å². The molecule has 0 atom stereocenters. The molecule has 21 heavy (non-hydrogen) atoms. The number of methoxy groups -OCH3 is 1. The van der Waals surface area contributed by atoms with Crippen LogP contribution >= 0.6 is 0 Å². The fourth-order valence-corrected chi connectivity index (χ4v) is 1.90. The second-order valence-electron chi connectivity index (χ2n) is 4.47. The van der Waals surface area contributed by atoms with Crippen LogP contribution in [0.2, 0.25) is 0 Å². The number of ketones is 1. The molecule has 2 rings (SSSR count). The van der Waals surface area contributed by atoms with Gasteiger partial charge in [-0.1, -0.05) is 0 Å². The Kier molecular flexibility index (Phi) is 4.23. The first-order valence-corrected chi connectivity index (χ1v) is 6.30. The van der Waals surface area contributed by atoms with Crippen molar-refractivity contribution in [3.63, 3.8) is 0 Å². The number of ether oxygens (including phenoxy) is 1. The average Bonchev–Trinajstić information content (AvgIpc) is 2.46. The van der Waals surface area contributed by atoms with Crippen LogP contribution in [0, 0.1) is 0 Å². The highest BCUT2D eigenvalue weighted by molar-refractivity contribution is 6.11. The number of amides is 1. The van der Waals surface area contributed by atoms with Gasteiger partial charge >= 0.3 is 0 Å². The summed E-state index contributed by atoms with van der Waals surface area (Å²) in [6.45, 7) is 1.37. The number of phenolic OH excluding ortho intramolecular Hbond substituents is 1. The molecule has 0 aliphatic carbocycles. The molecule has 0 aliphatic rings. The lowest BCUT2D eigenvalue weighted by Gasteiger charge is -2.08. The third-order valence-corrected chi connectivity index (χ3v) is 2.91. The Balaban J connectivity index is 2.28. The summed E-state index contributed by atoms with van der Waals surface area (Å²) < 4.78 is 5.03. The van der Waals surface area contributed by atoms with E-state index in [2.05, 4.69) is 5.32 Å². The maximum absolute atomic E-state index is 12.3. The van der Waals surface area contributed by atoms with Crippen LogP contribution in [0.15, 0.2) is 42.5 Å². The lowest BCUT2D eigenvalue weighted by Crippen LogP contribution is -2.07. The van der Waals surface area contributed by atoms with Crippen molar-refractivity contribution in [1.82, 2.24) is 0 Å². The number of benzene rings is 2. The van der Waals surface area contributed by atoms with Crippen molar-refractivity contribution in [3.05, 3.63) is 53.6 Å². The summed E-state index contributed by atoms with van der Waals surface area (Å²) in [4.78, 5) is 23.3. The maximum Gasteiger partial charge on any atom is 0.221 e. The Hall–Kier alpha value is -2.82. The van der Waals surface area contributed by atoms with Gasteiger partial charge in [-0.3, -0.25) is 9.59 Å².